The Hall–Kier alpha value is -3.51. The van der Waals surface area contributed by atoms with Crippen molar-refractivity contribution in [1.82, 2.24) is 20.1 Å². The van der Waals surface area contributed by atoms with Gasteiger partial charge in [-0.15, -0.1) is 5.10 Å². The van der Waals surface area contributed by atoms with E-state index in [-0.39, 0.29) is 17.4 Å². The highest BCUT2D eigenvalue weighted by Gasteiger charge is 2.36. The number of nitrogens with zero attached hydrogens (tertiary/aromatic N) is 5. The number of ether oxygens (including phenoxy) is 2. The molecule has 0 spiro atoms. The number of rotatable bonds is 8. The Balaban J connectivity index is 1.38. The second-order valence-corrected chi connectivity index (χ2v) is 9.98. The number of hydrogen-bond donors (Lipinski definition) is 1. The maximum atomic E-state index is 15.2. The summed E-state index contributed by atoms with van der Waals surface area (Å²) in [5.41, 5.74) is 1.46. The minimum Gasteiger partial charge on any atom is -0.380 e. The first-order valence-corrected chi connectivity index (χ1v) is 12.9. The van der Waals surface area contributed by atoms with E-state index in [0.29, 0.717) is 61.8 Å². The van der Waals surface area contributed by atoms with Gasteiger partial charge in [0.05, 0.1) is 53.8 Å². The van der Waals surface area contributed by atoms with Gasteiger partial charge in [-0.2, -0.15) is 13.9 Å². The molecule has 2 aromatic heterocycles. The molecule has 0 bridgehead atoms. The molecule has 0 radical (unpaired) electrons. The second-order valence-electron chi connectivity index (χ2n) is 9.98. The zero-order valence-electron chi connectivity index (χ0n) is 22.1. The smallest absolute Gasteiger partial charge is 0.298 e. The number of aryl methyl sites for hydroxylation is 1. The molecule has 12 heteroatoms. The fraction of sp³-hybridized carbons (Fsp3) is 0.481. The Morgan fingerprint density at radius 3 is 2.64 bits per heavy atom. The lowest BCUT2D eigenvalue weighted by molar-refractivity contribution is -0.150. The van der Waals surface area contributed by atoms with Crippen molar-refractivity contribution < 1.29 is 27.4 Å². The molecule has 3 aromatic rings. The van der Waals surface area contributed by atoms with E-state index in [1.807, 2.05) is 11.0 Å². The number of benzene rings is 1. The van der Waals surface area contributed by atoms with E-state index in [1.165, 1.54) is 12.1 Å². The van der Waals surface area contributed by atoms with Crippen molar-refractivity contribution in [3.05, 3.63) is 53.1 Å². The van der Waals surface area contributed by atoms with Gasteiger partial charge in [0, 0.05) is 44.2 Å². The number of halogens is 3. The Kier molecular flexibility index (Phi) is 7.59. The van der Waals surface area contributed by atoms with E-state index in [0.717, 1.165) is 18.9 Å². The van der Waals surface area contributed by atoms with Crippen LogP contribution in [0.1, 0.15) is 29.8 Å². The summed E-state index contributed by atoms with van der Waals surface area (Å²) in [4.78, 5) is 21.2. The van der Waals surface area contributed by atoms with Crippen molar-refractivity contribution in [1.29, 1.82) is 0 Å². The summed E-state index contributed by atoms with van der Waals surface area (Å²) in [5, 5.41) is 12.3. The molecule has 1 N–H and O–H groups in total. The lowest BCUT2D eigenvalue weighted by atomic mass is 10.00. The zero-order chi connectivity index (χ0) is 27.7. The van der Waals surface area contributed by atoms with Gasteiger partial charge in [-0.25, -0.2) is 4.39 Å². The van der Waals surface area contributed by atoms with E-state index in [1.54, 1.807) is 20.0 Å². The Morgan fingerprint density at radius 2 is 1.97 bits per heavy atom. The first kappa shape index (κ1) is 27.1. The third kappa shape index (κ3) is 5.35. The van der Waals surface area contributed by atoms with Crippen LogP contribution in [0.2, 0.25) is 0 Å². The van der Waals surface area contributed by atoms with Gasteiger partial charge in [-0.1, -0.05) is 12.1 Å². The molecule has 1 aromatic carbocycles. The van der Waals surface area contributed by atoms with Crippen LogP contribution in [0.15, 0.2) is 30.5 Å². The van der Waals surface area contributed by atoms with Crippen LogP contribution in [0.3, 0.4) is 0 Å². The van der Waals surface area contributed by atoms with Crippen molar-refractivity contribution in [2.24, 2.45) is 5.92 Å². The molecule has 0 unspecified atom stereocenters. The van der Waals surface area contributed by atoms with Crippen molar-refractivity contribution in [2.45, 2.75) is 25.8 Å². The number of carbonyl (C=O) groups is 1. The molecule has 0 aliphatic carbocycles. The van der Waals surface area contributed by atoms with Gasteiger partial charge in [0.1, 0.15) is 12.4 Å². The van der Waals surface area contributed by atoms with E-state index in [4.69, 9.17) is 4.74 Å². The fourth-order valence-corrected chi connectivity index (χ4v) is 4.96. The number of nitrogens with one attached hydrogen (secondary N) is 1. The number of amides is 1. The first-order valence-electron chi connectivity index (χ1n) is 12.9. The average molecular weight is 545 g/mol. The quantitative estimate of drug-likeness (QED) is 0.459. The van der Waals surface area contributed by atoms with E-state index in [2.05, 4.69) is 30.1 Å². The van der Waals surface area contributed by atoms with Crippen molar-refractivity contribution in [2.75, 3.05) is 63.3 Å². The third-order valence-corrected chi connectivity index (χ3v) is 7.28. The van der Waals surface area contributed by atoms with E-state index >= 15 is 4.39 Å². The van der Waals surface area contributed by atoms with Crippen LogP contribution in [-0.2, 0) is 20.2 Å². The highest BCUT2D eigenvalue weighted by Crippen LogP contribution is 2.35. The minimum atomic E-state index is -3.47. The molecular weight excluding hydrogens is 513 g/mol. The summed E-state index contributed by atoms with van der Waals surface area (Å²) in [5.74, 6) is -3.99. The standard InChI is InChI=1S/C27H31F3N6O3/c1-16(20-5-4-6-22(23(20)28)27(29,30)15-38-3)32-25-21-11-19(12-31-24(21)17(2)33-34-25)35-7-9-36(10-8-35)26(37)18-13-39-14-18/h4-6,11-12,16,18H,7-10,13-15H2,1-3H3,(H,32,34)/t16-/m1/s1. The van der Waals surface area contributed by atoms with Crippen LogP contribution < -0.4 is 10.2 Å². The third-order valence-electron chi connectivity index (χ3n) is 7.28. The van der Waals surface area contributed by atoms with Gasteiger partial charge >= 0.3 is 0 Å². The molecular formula is C27H31F3N6O3. The highest BCUT2D eigenvalue weighted by molar-refractivity contribution is 5.92. The number of pyridine rings is 1. The normalized spacial score (nSPS) is 17.3. The van der Waals surface area contributed by atoms with Gasteiger partial charge in [0.25, 0.3) is 5.92 Å². The van der Waals surface area contributed by atoms with Crippen molar-refractivity contribution in [3.63, 3.8) is 0 Å². The molecule has 39 heavy (non-hydrogen) atoms. The van der Waals surface area contributed by atoms with Gasteiger partial charge in [-0.05, 0) is 26.0 Å². The predicted octanol–water partition coefficient (Wildman–Crippen LogP) is 3.68. The zero-order valence-corrected chi connectivity index (χ0v) is 22.1. The Bertz CT molecular complexity index is 1360. The summed E-state index contributed by atoms with van der Waals surface area (Å²) in [7, 11) is 1.15. The van der Waals surface area contributed by atoms with Crippen LogP contribution in [0.25, 0.3) is 10.9 Å². The average Bonchev–Trinajstić information content (AvgIpc) is 2.89. The summed E-state index contributed by atoms with van der Waals surface area (Å²) in [6.07, 6.45) is 1.77. The number of fused-ring (bicyclic) bond motifs is 1. The number of methoxy groups -OCH3 is 1. The predicted molar refractivity (Wildman–Crippen MR) is 139 cm³/mol. The molecule has 2 saturated heterocycles. The molecule has 2 aliphatic rings. The van der Waals surface area contributed by atoms with Crippen LogP contribution in [0, 0.1) is 18.7 Å². The van der Waals surface area contributed by atoms with Crippen LogP contribution >= 0.6 is 0 Å². The molecule has 0 saturated carbocycles. The van der Waals surface area contributed by atoms with Crippen LogP contribution in [0.4, 0.5) is 24.7 Å². The number of anilines is 2. The molecule has 9 nitrogen and oxygen atoms in total. The molecule has 2 aliphatic heterocycles. The SMILES string of the molecule is COCC(F)(F)c1cccc([C@@H](C)Nc2nnc(C)c3ncc(N4CCN(C(=O)C5COC5)CC4)cc23)c1F. The van der Waals surface area contributed by atoms with Gasteiger partial charge in [0.15, 0.2) is 5.82 Å². The number of aromatic nitrogens is 3. The topological polar surface area (TPSA) is 92.7 Å². The van der Waals surface area contributed by atoms with Crippen LogP contribution in [-0.4, -0.2) is 79.1 Å². The number of carbonyl (C=O) groups excluding carboxylic acids is 1. The number of piperazine rings is 1. The van der Waals surface area contributed by atoms with E-state index < -0.39 is 30.0 Å². The first-order chi connectivity index (χ1) is 18.7. The monoisotopic (exact) mass is 544 g/mol. The fourth-order valence-electron chi connectivity index (χ4n) is 4.96. The number of hydrogen-bond acceptors (Lipinski definition) is 8. The number of alkyl halides is 2. The molecule has 2 fully saturated rings. The van der Waals surface area contributed by atoms with Crippen LogP contribution in [0.5, 0.6) is 0 Å². The Morgan fingerprint density at radius 1 is 1.23 bits per heavy atom. The highest BCUT2D eigenvalue weighted by atomic mass is 19.3. The van der Waals surface area contributed by atoms with Gasteiger partial charge in [0.2, 0.25) is 5.91 Å². The summed E-state index contributed by atoms with van der Waals surface area (Å²) >= 11 is 0. The minimum absolute atomic E-state index is 0.0345. The molecule has 1 atom stereocenters. The molecule has 1 amide bonds. The van der Waals surface area contributed by atoms with Crippen molar-refractivity contribution >= 4 is 28.3 Å². The maximum absolute atomic E-state index is 15.2. The molecule has 4 heterocycles. The summed E-state index contributed by atoms with van der Waals surface area (Å²) in [6, 6.07) is 5.17. The maximum Gasteiger partial charge on any atom is 0.298 e. The lowest BCUT2D eigenvalue weighted by Gasteiger charge is -2.39. The largest absolute Gasteiger partial charge is 0.380 e. The lowest BCUT2D eigenvalue weighted by Crippen LogP contribution is -2.53. The molecule has 208 valence electrons. The van der Waals surface area contributed by atoms with Crippen molar-refractivity contribution in [3.8, 4) is 0 Å². The van der Waals surface area contributed by atoms with E-state index in [9.17, 15) is 13.6 Å². The summed E-state index contributed by atoms with van der Waals surface area (Å²) in [6.45, 7) is 6.04. The Labute approximate surface area is 224 Å². The van der Waals surface area contributed by atoms with Gasteiger partial charge in [-0.3, -0.25) is 9.78 Å². The second kappa shape index (κ2) is 10.9. The summed E-state index contributed by atoms with van der Waals surface area (Å²) < 4.78 is 53.8. The molecule has 5 rings (SSSR count). The van der Waals surface area contributed by atoms with Gasteiger partial charge < -0.3 is 24.6 Å².